The molecule has 2 fully saturated rings. The average molecular weight is 298 g/mol. The van der Waals surface area contributed by atoms with E-state index in [1.54, 1.807) is 11.8 Å². The predicted molar refractivity (Wildman–Crippen MR) is 79.0 cm³/mol. The Labute approximate surface area is 129 Å². The van der Waals surface area contributed by atoms with Crippen LogP contribution in [0.25, 0.3) is 0 Å². The molecule has 2 saturated heterocycles. The maximum absolute atomic E-state index is 12.7. The Morgan fingerprint density at radius 1 is 1.27 bits per heavy atom. The van der Waals surface area contributed by atoms with Crippen LogP contribution in [0.2, 0.25) is 0 Å². The molecule has 2 heterocycles. The van der Waals surface area contributed by atoms with Gasteiger partial charge in [-0.3, -0.25) is 4.79 Å². The second-order valence-electron chi connectivity index (χ2n) is 5.67. The third-order valence-corrected chi connectivity index (χ3v) is 4.26. The van der Waals surface area contributed by atoms with Gasteiger partial charge in [-0.1, -0.05) is 30.3 Å². The molecule has 2 atom stereocenters. The normalized spacial score (nSPS) is 25.0. The summed E-state index contributed by atoms with van der Waals surface area (Å²) >= 11 is 0. The van der Waals surface area contributed by atoms with E-state index in [0.717, 1.165) is 12.0 Å². The summed E-state index contributed by atoms with van der Waals surface area (Å²) in [7, 11) is 0. The zero-order chi connectivity index (χ0) is 15.7. The molecule has 2 aliphatic heterocycles. The largest absolute Gasteiger partial charge is 0.339 e. The summed E-state index contributed by atoms with van der Waals surface area (Å²) in [4.78, 5) is 26.9. The number of urea groups is 1. The van der Waals surface area contributed by atoms with E-state index < -0.39 is 12.1 Å². The van der Waals surface area contributed by atoms with Crippen molar-refractivity contribution in [3.63, 3.8) is 0 Å². The first-order valence-corrected chi connectivity index (χ1v) is 7.48. The van der Waals surface area contributed by atoms with Crippen molar-refractivity contribution in [3.05, 3.63) is 35.9 Å². The van der Waals surface area contributed by atoms with Gasteiger partial charge in [-0.2, -0.15) is 5.26 Å². The molecule has 0 aliphatic carbocycles. The molecule has 0 N–H and O–H groups in total. The van der Waals surface area contributed by atoms with Gasteiger partial charge in [0.25, 0.3) is 5.91 Å². The van der Waals surface area contributed by atoms with Gasteiger partial charge in [-0.25, -0.2) is 14.8 Å². The van der Waals surface area contributed by atoms with Gasteiger partial charge in [-0.15, -0.1) is 0 Å². The van der Waals surface area contributed by atoms with Gasteiger partial charge in [-0.05, 0) is 25.3 Å². The second-order valence-corrected chi connectivity index (χ2v) is 5.67. The fourth-order valence-corrected chi connectivity index (χ4v) is 3.04. The summed E-state index contributed by atoms with van der Waals surface area (Å²) in [5.41, 5.74) is 0.984. The highest BCUT2D eigenvalue weighted by Crippen LogP contribution is 2.27. The number of fused-ring (bicyclic) bond motifs is 1. The number of nitrogens with zero attached hydrogens (tertiary/aromatic N) is 4. The monoisotopic (exact) mass is 298 g/mol. The number of amides is 3. The first kappa shape index (κ1) is 14.4. The molecule has 114 valence electrons. The Balaban J connectivity index is 1.87. The SMILES string of the molecule is C[C@H]1C(=O)N2[C@H](C#N)CCCN2C(=O)N1Cc1ccccc1. The summed E-state index contributed by atoms with van der Waals surface area (Å²) in [6.07, 6.45) is 1.36. The molecule has 3 rings (SSSR count). The van der Waals surface area contributed by atoms with Gasteiger partial charge >= 0.3 is 6.03 Å². The summed E-state index contributed by atoms with van der Waals surface area (Å²) < 4.78 is 0. The first-order chi connectivity index (χ1) is 10.6. The molecule has 1 aromatic carbocycles. The van der Waals surface area contributed by atoms with E-state index in [-0.39, 0.29) is 11.9 Å². The van der Waals surface area contributed by atoms with Gasteiger partial charge < -0.3 is 4.90 Å². The molecule has 22 heavy (non-hydrogen) atoms. The van der Waals surface area contributed by atoms with Crippen LogP contribution in [0.1, 0.15) is 25.3 Å². The number of benzene rings is 1. The van der Waals surface area contributed by atoms with Crippen LogP contribution in [-0.4, -0.2) is 45.5 Å². The van der Waals surface area contributed by atoms with Crippen molar-refractivity contribution in [1.82, 2.24) is 14.9 Å². The van der Waals surface area contributed by atoms with Crippen LogP contribution in [0.4, 0.5) is 4.79 Å². The molecule has 6 nitrogen and oxygen atoms in total. The predicted octanol–water partition coefficient (Wildman–Crippen LogP) is 1.74. The highest BCUT2D eigenvalue weighted by Gasteiger charge is 2.46. The molecule has 2 aliphatic rings. The lowest BCUT2D eigenvalue weighted by Gasteiger charge is -2.49. The van der Waals surface area contributed by atoms with E-state index >= 15 is 0 Å². The van der Waals surface area contributed by atoms with Crippen molar-refractivity contribution in [2.45, 2.75) is 38.4 Å². The maximum atomic E-state index is 12.7. The summed E-state index contributed by atoms with van der Waals surface area (Å²) in [5, 5.41) is 12.0. The minimum atomic E-state index is -0.557. The van der Waals surface area contributed by atoms with Gasteiger partial charge in [0.15, 0.2) is 0 Å². The summed E-state index contributed by atoms with van der Waals surface area (Å²) in [5.74, 6) is -0.179. The quantitative estimate of drug-likeness (QED) is 0.835. The van der Waals surface area contributed by atoms with Crippen molar-refractivity contribution in [2.24, 2.45) is 0 Å². The molecule has 0 saturated carbocycles. The zero-order valence-electron chi connectivity index (χ0n) is 12.5. The van der Waals surface area contributed by atoms with E-state index in [1.807, 2.05) is 30.3 Å². The van der Waals surface area contributed by atoms with Crippen molar-refractivity contribution in [2.75, 3.05) is 6.54 Å². The molecule has 6 heteroatoms. The van der Waals surface area contributed by atoms with E-state index in [2.05, 4.69) is 6.07 Å². The Kier molecular flexibility index (Phi) is 3.72. The number of carbonyl (C=O) groups excluding carboxylic acids is 2. The third kappa shape index (κ3) is 2.29. The van der Waals surface area contributed by atoms with Gasteiger partial charge in [0.05, 0.1) is 6.07 Å². The summed E-state index contributed by atoms with van der Waals surface area (Å²) in [6.45, 7) is 2.61. The third-order valence-electron chi connectivity index (χ3n) is 4.26. The highest BCUT2D eigenvalue weighted by atomic mass is 16.2. The van der Waals surface area contributed by atoms with E-state index in [4.69, 9.17) is 0 Å². The Bertz CT molecular complexity index is 625. The van der Waals surface area contributed by atoms with E-state index in [9.17, 15) is 14.9 Å². The molecule has 0 aromatic heterocycles. The highest BCUT2D eigenvalue weighted by molar-refractivity contribution is 5.92. The van der Waals surface area contributed by atoms with E-state index in [0.29, 0.717) is 19.5 Å². The number of hydrogen-bond donors (Lipinski definition) is 0. The van der Waals surface area contributed by atoms with Gasteiger partial charge in [0, 0.05) is 13.1 Å². The van der Waals surface area contributed by atoms with Gasteiger partial charge in [0.1, 0.15) is 12.1 Å². The fourth-order valence-electron chi connectivity index (χ4n) is 3.04. The van der Waals surface area contributed by atoms with Crippen LogP contribution in [0.3, 0.4) is 0 Å². The number of hydrazine groups is 1. The molecule has 3 amide bonds. The number of hydrogen-bond acceptors (Lipinski definition) is 3. The minimum absolute atomic E-state index is 0.179. The molecular formula is C16H18N4O2. The molecule has 0 bridgehead atoms. The fraction of sp³-hybridized carbons (Fsp3) is 0.438. The van der Waals surface area contributed by atoms with Crippen LogP contribution in [0.15, 0.2) is 30.3 Å². The molecular weight excluding hydrogens is 280 g/mol. The van der Waals surface area contributed by atoms with Crippen molar-refractivity contribution in [3.8, 4) is 6.07 Å². The molecule has 0 radical (unpaired) electrons. The Morgan fingerprint density at radius 3 is 2.68 bits per heavy atom. The average Bonchev–Trinajstić information content (AvgIpc) is 2.57. The second kappa shape index (κ2) is 5.68. The Morgan fingerprint density at radius 2 is 2.00 bits per heavy atom. The lowest BCUT2D eigenvalue weighted by molar-refractivity contribution is -0.165. The molecule has 0 unspecified atom stereocenters. The first-order valence-electron chi connectivity index (χ1n) is 7.48. The molecule has 0 spiro atoms. The van der Waals surface area contributed by atoms with Crippen LogP contribution >= 0.6 is 0 Å². The minimum Gasteiger partial charge on any atom is -0.307 e. The zero-order valence-corrected chi connectivity index (χ0v) is 12.5. The maximum Gasteiger partial charge on any atom is 0.339 e. The van der Waals surface area contributed by atoms with Crippen LogP contribution in [0, 0.1) is 11.3 Å². The van der Waals surface area contributed by atoms with Crippen molar-refractivity contribution < 1.29 is 9.59 Å². The van der Waals surface area contributed by atoms with Crippen molar-refractivity contribution in [1.29, 1.82) is 5.26 Å². The van der Waals surface area contributed by atoms with E-state index in [1.165, 1.54) is 10.0 Å². The smallest absolute Gasteiger partial charge is 0.307 e. The number of carbonyl (C=O) groups is 2. The van der Waals surface area contributed by atoms with Crippen LogP contribution in [-0.2, 0) is 11.3 Å². The molecule has 1 aromatic rings. The standard InChI is InChI=1S/C16H18N4O2/c1-12-15(21)20-14(10-17)8-5-9-19(20)16(22)18(12)11-13-6-3-2-4-7-13/h2-4,6-7,12,14H,5,8-9,11H2,1H3/t12-,14-/m0/s1. The summed E-state index contributed by atoms with van der Waals surface area (Å²) in [6, 6.07) is 10.5. The number of rotatable bonds is 2. The van der Waals surface area contributed by atoms with Gasteiger partial charge in [0.2, 0.25) is 0 Å². The lowest BCUT2D eigenvalue weighted by Crippen LogP contribution is -2.69. The topological polar surface area (TPSA) is 67.6 Å². The van der Waals surface area contributed by atoms with Crippen LogP contribution < -0.4 is 0 Å². The van der Waals surface area contributed by atoms with Crippen molar-refractivity contribution >= 4 is 11.9 Å². The number of nitriles is 1. The lowest BCUT2D eigenvalue weighted by atomic mass is 10.1. The van der Waals surface area contributed by atoms with Crippen LogP contribution in [0.5, 0.6) is 0 Å². The Hall–Kier alpha value is -2.55.